The summed E-state index contributed by atoms with van der Waals surface area (Å²) < 4.78 is 26.6. The highest BCUT2D eigenvalue weighted by molar-refractivity contribution is 9.10. The Morgan fingerprint density at radius 2 is 1.94 bits per heavy atom. The van der Waals surface area contributed by atoms with Gasteiger partial charge in [0.25, 0.3) is 0 Å². The molecule has 0 aliphatic rings. The van der Waals surface area contributed by atoms with Crippen molar-refractivity contribution >= 4 is 21.7 Å². The molecule has 1 nitrogen and oxygen atoms in total. The second-order valence-electron chi connectivity index (χ2n) is 3.59. The van der Waals surface area contributed by atoms with Crippen LogP contribution >= 0.6 is 15.9 Å². The van der Waals surface area contributed by atoms with Gasteiger partial charge in [0.15, 0.2) is 0 Å². The van der Waals surface area contributed by atoms with Crippen LogP contribution in [0.25, 0.3) is 0 Å². The van der Waals surface area contributed by atoms with Gasteiger partial charge in [0.2, 0.25) is 0 Å². The smallest absolute Gasteiger partial charge is 0.146 e. The van der Waals surface area contributed by atoms with Crippen LogP contribution in [0, 0.1) is 11.6 Å². The topological polar surface area (TPSA) is 17.1 Å². The molecule has 0 aromatic heterocycles. The van der Waals surface area contributed by atoms with Crippen LogP contribution in [-0.4, -0.2) is 10.6 Å². The first-order valence-corrected chi connectivity index (χ1v) is 6.07. The normalized spacial score (nSPS) is 12.5. The Morgan fingerprint density at radius 3 is 2.44 bits per heavy atom. The van der Waals surface area contributed by atoms with E-state index in [0.717, 1.165) is 6.42 Å². The zero-order chi connectivity index (χ0) is 12.1. The van der Waals surface area contributed by atoms with Crippen molar-refractivity contribution in [3.63, 3.8) is 0 Å². The fraction of sp³-hybridized carbons (Fsp3) is 0.417. The van der Waals surface area contributed by atoms with Crippen molar-refractivity contribution in [1.29, 1.82) is 0 Å². The highest BCUT2D eigenvalue weighted by Gasteiger charge is 2.18. The van der Waals surface area contributed by atoms with Crippen LogP contribution in [0.15, 0.2) is 18.2 Å². The minimum atomic E-state index is -0.603. The molecule has 1 unspecified atom stereocenters. The predicted molar refractivity (Wildman–Crippen MR) is 62.7 cm³/mol. The first kappa shape index (κ1) is 13.3. The summed E-state index contributed by atoms with van der Waals surface area (Å²) in [5.74, 6) is -1.23. The van der Waals surface area contributed by atoms with Gasteiger partial charge in [0.1, 0.15) is 17.4 Å². The minimum absolute atomic E-state index is 0.0230. The van der Waals surface area contributed by atoms with E-state index in [4.69, 9.17) is 0 Å². The van der Waals surface area contributed by atoms with Gasteiger partial charge in [-0.3, -0.25) is 4.79 Å². The van der Waals surface area contributed by atoms with E-state index in [2.05, 4.69) is 15.9 Å². The number of rotatable bonds is 5. The Kier molecular flexibility index (Phi) is 5.06. The first-order chi connectivity index (χ1) is 7.56. The summed E-state index contributed by atoms with van der Waals surface area (Å²) in [6, 6.07) is 3.70. The highest BCUT2D eigenvalue weighted by atomic mass is 79.9. The third-order valence-corrected chi connectivity index (χ3v) is 3.13. The van der Waals surface area contributed by atoms with Crippen LogP contribution < -0.4 is 0 Å². The lowest BCUT2D eigenvalue weighted by Gasteiger charge is -2.09. The van der Waals surface area contributed by atoms with Crippen molar-refractivity contribution in [2.24, 2.45) is 0 Å². The molecule has 0 spiro atoms. The Bertz CT molecular complexity index is 359. The molecular weight excluding hydrogens is 278 g/mol. The molecule has 0 bridgehead atoms. The number of ketones is 1. The Labute approximate surface area is 102 Å². The van der Waals surface area contributed by atoms with Gasteiger partial charge in [-0.25, -0.2) is 8.78 Å². The Morgan fingerprint density at radius 1 is 1.38 bits per heavy atom. The first-order valence-electron chi connectivity index (χ1n) is 5.16. The lowest BCUT2D eigenvalue weighted by Crippen LogP contribution is -2.17. The van der Waals surface area contributed by atoms with Crippen LogP contribution in [0.5, 0.6) is 0 Å². The molecule has 0 saturated heterocycles. The lowest BCUT2D eigenvalue weighted by molar-refractivity contribution is -0.118. The summed E-state index contributed by atoms with van der Waals surface area (Å²) in [4.78, 5) is 11.0. The maximum absolute atomic E-state index is 13.3. The van der Waals surface area contributed by atoms with Crippen LogP contribution in [0.3, 0.4) is 0 Å². The summed E-state index contributed by atoms with van der Waals surface area (Å²) in [7, 11) is 0. The molecule has 0 saturated carbocycles. The zero-order valence-corrected chi connectivity index (χ0v) is 10.6. The fourth-order valence-electron chi connectivity index (χ4n) is 1.42. The van der Waals surface area contributed by atoms with E-state index in [1.165, 1.54) is 18.2 Å². The number of Topliss-reactive ketones (excluding diaryl/α,β-unsaturated/α-hetero) is 1. The molecule has 1 aromatic carbocycles. The monoisotopic (exact) mass is 290 g/mol. The molecule has 88 valence electrons. The number of hydrogen-bond donors (Lipinski definition) is 0. The quantitative estimate of drug-likeness (QED) is 0.757. The summed E-state index contributed by atoms with van der Waals surface area (Å²) in [5.41, 5.74) is -0.0335. The molecule has 0 aliphatic carbocycles. The summed E-state index contributed by atoms with van der Waals surface area (Å²) >= 11 is 3.17. The lowest BCUT2D eigenvalue weighted by atomic mass is 10.0. The number of benzene rings is 1. The number of alkyl halides is 1. The van der Waals surface area contributed by atoms with Gasteiger partial charge in [-0.2, -0.15) is 0 Å². The number of carbonyl (C=O) groups excluding carboxylic acids is 1. The second-order valence-corrected chi connectivity index (χ2v) is 4.69. The maximum Gasteiger partial charge on any atom is 0.146 e. The summed E-state index contributed by atoms with van der Waals surface area (Å²) in [6.07, 6.45) is 1.21. The fourth-order valence-corrected chi connectivity index (χ4v) is 1.98. The van der Waals surface area contributed by atoms with Gasteiger partial charge < -0.3 is 0 Å². The molecule has 0 heterocycles. The van der Waals surface area contributed by atoms with Gasteiger partial charge in [0, 0.05) is 12.0 Å². The third-order valence-electron chi connectivity index (χ3n) is 2.29. The molecule has 1 atom stereocenters. The molecule has 4 heteroatoms. The molecule has 0 aliphatic heterocycles. The summed E-state index contributed by atoms with van der Waals surface area (Å²) in [6.45, 7) is 1.89. The minimum Gasteiger partial charge on any atom is -0.298 e. The van der Waals surface area contributed by atoms with E-state index in [9.17, 15) is 13.6 Å². The summed E-state index contributed by atoms with van der Waals surface area (Å²) in [5, 5.41) is 0. The molecule has 0 amide bonds. The van der Waals surface area contributed by atoms with Crippen molar-refractivity contribution in [3.8, 4) is 0 Å². The predicted octanol–water partition coefficient (Wildman–Crippen LogP) is 3.64. The van der Waals surface area contributed by atoms with Crippen molar-refractivity contribution < 1.29 is 13.6 Å². The van der Waals surface area contributed by atoms with E-state index in [1.54, 1.807) is 0 Å². The van der Waals surface area contributed by atoms with Crippen molar-refractivity contribution in [3.05, 3.63) is 35.4 Å². The molecule has 1 aromatic rings. The van der Waals surface area contributed by atoms with Crippen molar-refractivity contribution in [1.82, 2.24) is 0 Å². The van der Waals surface area contributed by atoms with E-state index >= 15 is 0 Å². The average Bonchev–Trinajstić information content (AvgIpc) is 2.23. The van der Waals surface area contributed by atoms with Crippen LogP contribution in [0.4, 0.5) is 8.78 Å². The largest absolute Gasteiger partial charge is 0.298 e. The van der Waals surface area contributed by atoms with Gasteiger partial charge in [-0.1, -0.05) is 28.9 Å². The number of halogens is 3. The Balaban J connectivity index is 2.76. The Hall–Kier alpha value is -0.770. The van der Waals surface area contributed by atoms with Crippen molar-refractivity contribution in [2.75, 3.05) is 0 Å². The number of hydrogen-bond acceptors (Lipinski definition) is 1. The van der Waals surface area contributed by atoms with Crippen LogP contribution in [0.2, 0.25) is 0 Å². The number of carbonyl (C=O) groups is 1. The van der Waals surface area contributed by atoms with E-state index in [0.29, 0.717) is 6.42 Å². The van der Waals surface area contributed by atoms with Crippen LogP contribution in [0.1, 0.15) is 25.3 Å². The molecule has 16 heavy (non-hydrogen) atoms. The van der Waals surface area contributed by atoms with Gasteiger partial charge in [-0.05, 0) is 25.0 Å². The maximum atomic E-state index is 13.3. The van der Waals surface area contributed by atoms with Gasteiger partial charge >= 0.3 is 0 Å². The third kappa shape index (κ3) is 3.37. The molecule has 1 rings (SSSR count). The molecule has 0 N–H and O–H groups in total. The molecular formula is C12H13BrF2O. The van der Waals surface area contributed by atoms with Gasteiger partial charge in [0.05, 0.1) is 4.83 Å². The van der Waals surface area contributed by atoms with E-state index in [1.807, 2.05) is 6.92 Å². The highest BCUT2D eigenvalue weighted by Crippen LogP contribution is 2.18. The standard InChI is InChI=1S/C12H13BrF2O/c1-2-4-12(16)9(13)7-8-10(14)5-3-6-11(8)15/h3,5-6,9H,2,4,7H2,1H3. The average molecular weight is 291 g/mol. The second kappa shape index (κ2) is 6.09. The van der Waals surface area contributed by atoms with Gasteiger partial charge in [-0.15, -0.1) is 0 Å². The van der Waals surface area contributed by atoms with Crippen molar-refractivity contribution in [2.45, 2.75) is 31.0 Å². The SMILES string of the molecule is CCCC(=O)C(Br)Cc1c(F)cccc1F. The zero-order valence-electron chi connectivity index (χ0n) is 8.97. The van der Waals surface area contributed by atoms with E-state index < -0.39 is 16.5 Å². The molecule has 0 fully saturated rings. The van der Waals surface area contributed by atoms with Crippen LogP contribution in [-0.2, 0) is 11.2 Å². The van der Waals surface area contributed by atoms with E-state index in [-0.39, 0.29) is 17.8 Å². The molecule has 0 radical (unpaired) electrons.